The molecule has 9 aromatic carbocycles. The summed E-state index contributed by atoms with van der Waals surface area (Å²) >= 11 is 0. The molecule has 0 aliphatic heterocycles. The van der Waals surface area contributed by atoms with E-state index in [0.717, 1.165) is 5.69 Å². The SMILES string of the molecule is c1ccc(-c2ccccc2-n2c3ccccc3c3cc(-n4c5ccccc5c5c([Si](c6ccccc6)(c6ccccc6)c6ccccc6)cccc54)ccc32)cc1. The van der Waals surface area contributed by atoms with Crippen molar-refractivity contribution >= 4 is 72.4 Å². The Labute approximate surface area is 333 Å². The van der Waals surface area contributed by atoms with E-state index < -0.39 is 8.07 Å². The molecule has 2 aromatic heterocycles. The zero-order valence-electron chi connectivity index (χ0n) is 31.3. The topological polar surface area (TPSA) is 9.86 Å². The van der Waals surface area contributed by atoms with E-state index in [4.69, 9.17) is 0 Å². The van der Waals surface area contributed by atoms with Gasteiger partial charge >= 0.3 is 0 Å². The van der Waals surface area contributed by atoms with Crippen LogP contribution in [0.3, 0.4) is 0 Å². The first kappa shape index (κ1) is 33.2. The molecule has 0 amide bonds. The zero-order valence-corrected chi connectivity index (χ0v) is 32.3. The van der Waals surface area contributed by atoms with Crippen LogP contribution in [-0.4, -0.2) is 17.2 Å². The third kappa shape index (κ3) is 5.10. The van der Waals surface area contributed by atoms with Gasteiger partial charge in [-0.25, -0.2) is 0 Å². The minimum absolute atomic E-state index is 1.15. The van der Waals surface area contributed by atoms with E-state index in [2.05, 4.69) is 240 Å². The Bertz CT molecular complexity index is 3120. The molecule has 0 fully saturated rings. The fraction of sp³-hybridized carbons (Fsp3) is 0. The van der Waals surface area contributed by atoms with Crippen LogP contribution in [0.15, 0.2) is 231 Å². The molecule has 0 saturated heterocycles. The summed E-state index contributed by atoms with van der Waals surface area (Å²) in [5.41, 5.74) is 9.54. The van der Waals surface area contributed by atoms with Crippen molar-refractivity contribution in [1.29, 1.82) is 0 Å². The largest absolute Gasteiger partial charge is 0.309 e. The molecule has 2 nitrogen and oxygen atoms in total. The molecule has 11 rings (SSSR count). The van der Waals surface area contributed by atoms with E-state index in [1.165, 1.54) is 81.2 Å². The van der Waals surface area contributed by atoms with E-state index >= 15 is 0 Å². The lowest BCUT2D eigenvalue weighted by Crippen LogP contribution is -2.74. The van der Waals surface area contributed by atoms with Gasteiger partial charge < -0.3 is 9.13 Å². The second-order valence-electron chi connectivity index (χ2n) is 14.8. The third-order valence-electron chi connectivity index (χ3n) is 11.9. The summed E-state index contributed by atoms with van der Waals surface area (Å²) in [6.45, 7) is 0. The van der Waals surface area contributed by atoms with Gasteiger partial charge in [0.05, 0.1) is 27.8 Å². The van der Waals surface area contributed by atoms with Crippen LogP contribution >= 0.6 is 0 Å². The van der Waals surface area contributed by atoms with Crippen molar-refractivity contribution in [3.63, 3.8) is 0 Å². The summed E-state index contributed by atoms with van der Waals surface area (Å²) in [5.74, 6) is 0. The Kier molecular flexibility index (Phi) is 7.87. The van der Waals surface area contributed by atoms with Gasteiger partial charge in [0.2, 0.25) is 0 Å². The van der Waals surface area contributed by atoms with E-state index in [9.17, 15) is 0 Å². The second kappa shape index (κ2) is 13.5. The number of rotatable bonds is 7. The molecule has 0 bridgehead atoms. The van der Waals surface area contributed by atoms with Crippen LogP contribution in [0.4, 0.5) is 0 Å². The lowest BCUT2D eigenvalue weighted by atomic mass is 10.0. The molecule has 0 spiro atoms. The van der Waals surface area contributed by atoms with Crippen molar-refractivity contribution in [3.05, 3.63) is 231 Å². The van der Waals surface area contributed by atoms with Gasteiger partial charge in [-0.05, 0) is 68.8 Å². The molecule has 3 heteroatoms. The second-order valence-corrected chi connectivity index (χ2v) is 18.6. The first-order valence-electron chi connectivity index (χ1n) is 19.7. The van der Waals surface area contributed by atoms with Crippen LogP contribution in [0, 0.1) is 0 Å². The first-order chi connectivity index (χ1) is 28.3. The highest BCUT2D eigenvalue weighted by molar-refractivity contribution is 7.20. The normalized spacial score (nSPS) is 11.9. The number of para-hydroxylation sites is 3. The minimum Gasteiger partial charge on any atom is -0.309 e. The Morgan fingerprint density at radius 3 is 1.46 bits per heavy atom. The van der Waals surface area contributed by atoms with Gasteiger partial charge in [0.1, 0.15) is 0 Å². The van der Waals surface area contributed by atoms with Crippen molar-refractivity contribution in [1.82, 2.24) is 9.13 Å². The Hall–Kier alpha value is -7.20. The molecular weight excluding hydrogens is 705 g/mol. The van der Waals surface area contributed by atoms with Gasteiger partial charge in [0, 0.05) is 32.8 Å². The van der Waals surface area contributed by atoms with Crippen molar-refractivity contribution in [2.45, 2.75) is 0 Å². The van der Waals surface area contributed by atoms with Crippen molar-refractivity contribution < 1.29 is 0 Å². The van der Waals surface area contributed by atoms with Gasteiger partial charge in [-0.3, -0.25) is 0 Å². The van der Waals surface area contributed by atoms with Crippen molar-refractivity contribution in [2.24, 2.45) is 0 Å². The fourth-order valence-electron chi connectivity index (χ4n) is 9.53. The van der Waals surface area contributed by atoms with Crippen LogP contribution < -0.4 is 20.7 Å². The molecule has 0 aliphatic rings. The number of fused-ring (bicyclic) bond motifs is 6. The number of nitrogens with zero attached hydrogens (tertiary/aromatic N) is 2. The summed E-state index contributed by atoms with van der Waals surface area (Å²) in [6.07, 6.45) is 0. The molecule has 0 unspecified atom stereocenters. The molecule has 0 N–H and O–H groups in total. The molecule has 2 heterocycles. The smallest absolute Gasteiger partial charge is 0.180 e. The predicted octanol–water partition coefficient (Wildman–Crippen LogP) is 10.9. The average molecular weight is 743 g/mol. The van der Waals surface area contributed by atoms with Crippen LogP contribution in [0.25, 0.3) is 66.1 Å². The summed E-state index contributed by atoms with van der Waals surface area (Å²) in [5, 5.41) is 10.6. The predicted molar refractivity (Wildman–Crippen MR) is 244 cm³/mol. The zero-order chi connectivity index (χ0) is 37.8. The number of benzene rings is 9. The van der Waals surface area contributed by atoms with E-state index in [1.54, 1.807) is 0 Å². The highest BCUT2D eigenvalue weighted by atomic mass is 28.3. The molecule has 0 radical (unpaired) electrons. The van der Waals surface area contributed by atoms with Crippen LogP contribution in [-0.2, 0) is 0 Å². The maximum Gasteiger partial charge on any atom is 0.180 e. The van der Waals surface area contributed by atoms with Gasteiger partial charge in [0.25, 0.3) is 0 Å². The van der Waals surface area contributed by atoms with Crippen molar-refractivity contribution in [2.75, 3.05) is 0 Å². The van der Waals surface area contributed by atoms with Gasteiger partial charge in [0.15, 0.2) is 8.07 Å². The number of hydrogen-bond donors (Lipinski definition) is 0. The van der Waals surface area contributed by atoms with E-state index in [0.29, 0.717) is 0 Å². The molecule has 268 valence electrons. The third-order valence-corrected chi connectivity index (χ3v) is 16.7. The minimum atomic E-state index is -2.83. The fourth-order valence-corrected chi connectivity index (χ4v) is 14.5. The van der Waals surface area contributed by atoms with Crippen LogP contribution in [0.1, 0.15) is 0 Å². The van der Waals surface area contributed by atoms with E-state index in [1.807, 2.05) is 0 Å². The van der Waals surface area contributed by atoms with E-state index in [-0.39, 0.29) is 0 Å². The summed E-state index contributed by atoms with van der Waals surface area (Å²) in [7, 11) is -2.83. The van der Waals surface area contributed by atoms with Crippen molar-refractivity contribution in [3.8, 4) is 22.5 Å². The maximum absolute atomic E-state index is 2.83. The monoisotopic (exact) mass is 742 g/mol. The Morgan fingerprint density at radius 2 is 0.807 bits per heavy atom. The van der Waals surface area contributed by atoms with Gasteiger partial charge in [-0.15, -0.1) is 0 Å². The maximum atomic E-state index is 2.50. The quantitative estimate of drug-likeness (QED) is 0.114. The van der Waals surface area contributed by atoms with Crippen LogP contribution in [0.5, 0.6) is 0 Å². The molecular formula is C54H38N2Si. The number of aromatic nitrogens is 2. The highest BCUT2D eigenvalue weighted by Crippen LogP contribution is 2.39. The summed E-state index contributed by atoms with van der Waals surface area (Å²) in [6, 6.07) is 85.1. The molecule has 0 atom stereocenters. The average Bonchev–Trinajstić information content (AvgIpc) is 3.81. The standard InChI is InChI=1S/C54H38N2Si/c1-5-20-39(21-6-1)44-28-13-16-31-48(44)56-49-32-17-14-29-45(49)47-38-40(36-37-51(47)56)55-50-33-18-15-30-46(50)54-52(55)34-19-35-53(54)57(41-22-7-2-8-23-41,42-24-9-3-10-25-42)43-26-11-4-12-27-43/h1-38H. The first-order valence-corrected chi connectivity index (χ1v) is 21.7. The molecule has 11 aromatic rings. The molecule has 0 aliphatic carbocycles. The lowest BCUT2D eigenvalue weighted by Gasteiger charge is -2.35. The molecule has 0 saturated carbocycles. The summed E-state index contributed by atoms with van der Waals surface area (Å²) in [4.78, 5) is 0. The highest BCUT2D eigenvalue weighted by Gasteiger charge is 2.43. The summed E-state index contributed by atoms with van der Waals surface area (Å²) < 4.78 is 4.94. The lowest BCUT2D eigenvalue weighted by molar-refractivity contribution is 1.17. The number of hydrogen-bond acceptors (Lipinski definition) is 0. The van der Waals surface area contributed by atoms with Crippen LogP contribution in [0.2, 0.25) is 0 Å². The Balaban J connectivity index is 1.21. The molecule has 57 heavy (non-hydrogen) atoms. The van der Waals surface area contributed by atoms with Gasteiger partial charge in [-0.2, -0.15) is 0 Å². The Morgan fingerprint density at radius 1 is 0.316 bits per heavy atom. The van der Waals surface area contributed by atoms with Gasteiger partial charge in [-0.1, -0.05) is 188 Å².